The van der Waals surface area contributed by atoms with Gasteiger partial charge in [0.1, 0.15) is 12.7 Å². The van der Waals surface area contributed by atoms with Crippen molar-refractivity contribution in [3.05, 3.63) is 30.4 Å². The minimum atomic E-state index is -0.396. The second kappa shape index (κ2) is 7.37. The van der Waals surface area contributed by atoms with E-state index in [4.69, 9.17) is 0 Å². The van der Waals surface area contributed by atoms with Gasteiger partial charge in [0.15, 0.2) is 0 Å². The van der Waals surface area contributed by atoms with Crippen LogP contribution in [0.2, 0.25) is 0 Å². The number of H-pyrrole nitrogens is 1. The first-order valence-electron chi connectivity index (χ1n) is 9.99. The molecule has 0 unspecified atom stereocenters. The Morgan fingerprint density at radius 1 is 1.29 bits per heavy atom. The minimum absolute atomic E-state index is 0.122. The number of likely N-dealkylation sites (tertiary alicyclic amines) is 1. The van der Waals surface area contributed by atoms with E-state index in [2.05, 4.69) is 20.1 Å². The van der Waals surface area contributed by atoms with Gasteiger partial charge < -0.3 is 14.8 Å². The first kappa shape index (κ1) is 18.6. The molecule has 1 N–H and O–H groups in total. The van der Waals surface area contributed by atoms with Gasteiger partial charge in [-0.15, -0.1) is 0 Å². The Morgan fingerprint density at radius 2 is 2.07 bits per heavy atom. The van der Waals surface area contributed by atoms with Gasteiger partial charge in [-0.3, -0.25) is 14.3 Å². The van der Waals surface area contributed by atoms with E-state index in [1.807, 2.05) is 23.6 Å². The van der Waals surface area contributed by atoms with Crippen molar-refractivity contribution in [2.24, 2.45) is 5.92 Å². The summed E-state index contributed by atoms with van der Waals surface area (Å²) in [5, 5.41) is 4.09. The zero-order chi connectivity index (χ0) is 19.7. The summed E-state index contributed by atoms with van der Waals surface area (Å²) in [6.07, 6.45) is 7.57. The highest BCUT2D eigenvalue weighted by atomic mass is 16.2. The molecule has 0 aromatic carbocycles. The third kappa shape index (κ3) is 3.08. The first-order chi connectivity index (χ1) is 13.5. The van der Waals surface area contributed by atoms with E-state index in [9.17, 15) is 9.59 Å². The number of hydrogen-bond donors (Lipinski definition) is 1. The van der Waals surface area contributed by atoms with Gasteiger partial charge in [-0.1, -0.05) is 13.8 Å². The maximum absolute atomic E-state index is 12.9. The summed E-state index contributed by atoms with van der Waals surface area (Å²) >= 11 is 0. The predicted octanol–water partition coefficient (Wildman–Crippen LogP) is 0.950. The van der Waals surface area contributed by atoms with E-state index < -0.39 is 5.54 Å². The van der Waals surface area contributed by atoms with Crippen LogP contribution in [-0.4, -0.2) is 66.0 Å². The predicted molar refractivity (Wildman–Crippen MR) is 101 cm³/mol. The number of amides is 2. The number of carbonyl (C=O) groups is 2. The molecule has 0 saturated carbocycles. The van der Waals surface area contributed by atoms with Gasteiger partial charge in [-0.25, -0.2) is 9.97 Å². The fourth-order valence-corrected chi connectivity index (χ4v) is 4.63. The molecule has 1 fully saturated rings. The van der Waals surface area contributed by atoms with Crippen molar-refractivity contribution in [2.75, 3.05) is 19.6 Å². The molecule has 0 bridgehead atoms. The number of nitrogens with one attached hydrogen (secondary N) is 1. The van der Waals surface area contributed by atoms with Crippen LogP contribution >= 0.6 is 0 Å². The lowest BCUT2D eigenvalue weighted by molar-refractivity contribution is -0.145. The molecule has 1 atom stereocenters. The Kier molecular flexibility index (Phi) is 4.91. The van der Waals surface area contributed by atoms with E-state index in [1.54, 1.807) is 17.3 Å². The largest absolute Gasteiger partial charge is 0.348 e. The maximum atomic E-state index is 12.9. The number of fused-ring (bicyclic) bond motifs is 2. The molecule has 2 aromatic heterocycles. The molecular formula is C19H27N7O2. The molecule has 4 heterocycles. The molecule has 0 radical (unpaired) electrons. The molecule has 4 rings (SSSR count). The average molecular weight is 385 g/mol. The fourth-order valence-electron chi connectivity index (χ4n) is 4.63. The number of piperidine rings is 1. The lowest BCUT2D eigenvalue weighted by atomic mass is 9.78. The van der Waals surface area contributed by atoms with Gasteiger partial charge in [0.2, 0.25) is 11.8 Å². The number of nitrogens with zero attached hydrogens (tertiary/aromatic N) is 6. The Hall–Kier alpha value is -2.71. The van der Waals surface area contributed by atoms with Crippen molar-refractivity contribution >= 4 is 11.8 Å². The SMILES string of the molecule is CCC(=O)N1CCc2[nH]cnc2C12CCN(C(=O)[C@@H](C)Cn1cncn1)CC2. The van der Waals surface area contributed by atoms with Gasteiger partial charge in [-0.2, -0.15) is 5.10 Å². The van der Waals surface area contributed by atoms with Crippen LogP contribution in [0.1, 0.15) is 44.5 Å². The van der Waals surface area contributed by atoms with Crippen molar-refractivity contribution < 1.29 is 9.59 Å². The Balaban J connectivity index is 1.50. The minimum Gasteiger partial charge on any atom is -0.348 e. The Labute approximate surface area is 164 Å². The third-order valence-corrected chi connectivity index (χ3v) is 6.12. The van der Waals surface area contributed by atoms with Gasteiger partial charge >= 0.3 is 0 Å². The van der Waals surface area contributed by atoms with Crippen LogP contribution in [0.15, 0.2) is 19.0 Å². The zero-order valence-electron chi connectivity index (χ0n) is 16.5. The van der Waals surface area contributed by atoms with E-state index in [1.165, 1.54) is 6.33 Å². The van der Waals surface area contributed by atoms with Crippen LogP contribution in [0.5, 0.6) is 0 Å². The van der Waals surface area contributed by atoms with E-state index in [-0.39, 0.29) is 17.7 Å². The number of aromatic amines is 1. The monoisotopic (exact) mass is 385 g/mol. The molecule has 1 spiro atoms. The molecule has 0 aliphatic carbocycles. The second-order valence-electron chi connectivity index (χ2n) is 7.75. The van der Waals surface area contributed by atoms with Crippen molar-refractivity contribution in [1.82, 2.24) is 34.5 Å². The fraction of sp³-hybridized carbons (Fsp3) is 0.632. The van der Waals surface area contributed by atoms with Crippen LogP contribution in [0.3, 0.4) is 0 Å². The van der Waals surface area contributed by atoms with E-state index in [0.29, 0.717) is 32.6 Å². The highest BCUT2D eigenvalue weighted by Crippen LogP contribution is 2.42. The lowest BCUT2D eigenvalue weighted by Crippen LogP contribution is -2.59. The van der Waals surface area contributed by atoms with Crippen molar-refractivity contribution in [1.29, 1.82) is 0 Å². The van der Waals surface area contributed by atoms with Gasteiger partial charge in [0.25, 0.3) is 0 Å². The standard InChI is InChI=1S/C19H27N7O2/c1-3-16(27)26-7-4-15-17(22-12-21-15)19(26)5-8-24(9-6-19)18(28)14(2)10-25-13-20-11-23-25/h11-14H,3-10H2,1-2H3,(H,21,22)/t14-/m0/s1. The number of aromatic nitrogens is 5. The lowest BCUT2D eigenvalue weighted by Gasteiger charge is -2.50. The summed E-state index contributed by atoms with van der Waals surface area (Å²) < 4.78 is 1.69. The molecule has 150 valence electrons. The molecule has 2 amide bonds. The van der Waals surface area contributed by atoms with Gasteiger partial charge in [-0.05, 0) is 12.8 Å². The third-order valence-electron chi connectivity index (χ3n) is 6.12. The van der Waals surface area contributed by atoms with Crippen molar-refractivity contribution in [3.63, 3.8) is 0 Å². The Bertz CT molecular complexity index is 836. The molecule has 2 aliphatic rings. The molecule has 1 saturated heterocycles. The van der Waals surface area contributed by atoms with Crippen LogP contribution < -0.4 is 0 Å². The highest BCUT2D eigenvalue weighted by Gasteiger charge is 2.48. The second-order valence-corrected chi connectivity index (χ2v) is 7.75. The van der Waals surface area contributed by atoms with Gasteiger partial charge in [0.05, 0.1) is 30.0 Å². The number of hydrogen-bond acceptors (Lipinski definition) is 5. The first-order valence-corrected chi connectivity index (χ1v) is 9.99. The number of carbonyl (C=O) groups excluding carboxylic acids is 2. The number of rotatable bonds is 4. The summed E-state index contributed by atoms with van der Waals surface area (Å²) in [5.41, 5.74) is 1.72. The van der Waals surface area contributed by atoms with Crippen LogP contribution in [0.25, 0.3) is 0 Å². The molecule has 2 aliphatic heterocycles. The van der Waals surface area contributed by atoms with Crippen LogP contribution in [-0.2, 0) is 28.1 Å². The van der Waals surface area contributed by atoms with Crippen LogP contribution in [0, 0.1) is 5.92 Å². The zero-order valence-corrected chi connectivity index (χ0v) is 16.5. The summed E-state index contributed by atoms with van der Waals surface area (Å²) in [7, 11) is 0. The highest BCUT2D eigenvalue weighted by molar-refractivity contribution is 5.79. The smallest absolute Gasteiger partial charge is 0.227 e. The van der Waals surface area contributed by atoms with E-state index >= 15 is 0 Å². The van der Waals surface area contributed by atoms with Gasteiger partial charge in [0, 0.05) is 38.2 Å². The molecular weight excluding hydrogens is 358 g/mol. The maximum Gasteiger partial charge on any atom is 0.227 e. The topological polar surface area (TPSA) is 100 Å². The van der Waals surface area contributed by atoms with Crippen molar-refractivity contribution in [2.45, 2.75) is 51.6 Å². The average Bonchev–Trinajstić information content (AvgIpc) is 3.40. The van der Waals surface area contributed by atoms with Crippen molar-refractivity contribution in [3.8, 4) is 0 Å². The summed E-state index contributed by atoms with van der Waals surface area (Å²) in [6.45, 7) is 6.30. The van der Waals surface area contributed by atoms with Crippen LogP contribution in [0.4, 0.5) is 0 Å². The summed E-state index contributed by atoms with van der Waals surface area (Å²) in [4.78, 5) is 41.3. The molecule has 9 nitrogen and oxygen atoms in total. The number of imidazole rings is 1. The molecule has 28 heavy (non-hydrogen) atoms. The molecule has 9 heteroatoms. The summed E-state index contributed by atoms with van der Waals surface area (Å²) in [6, 6.07) is 0. The summed E-state index contributed by atoms with van der Waals surface area (Å²) in [5.74, 6) is 0.112. The van der Waals surface area contributed by atoms with E-state index in [0.717, 1.165) is 30.7 Å². The quantitative estimate of drug-likeness (QED) is 0.845. The Morgan fingerprint density at radius 3 is 2.75 bits per heavy atom. The molecule has 2 aromatic rings. The normalized spacial score (nSPS) is 19.5.